The van der Waals surface area contributed by atoms with Crippen LogP contribution in [0.15, 0.2) is 18.2 Å². The van der Waals surface area contributed by atoms with Gasteiger partial charge in [0.1, 0.15) is 5.75 Å². The van der Waals surface area contributed by atoms with Gasteiger partial charge in [0.2, 0.25) is 0 Å². The zero-order chi connectivity index (χ0) is 11.6. The van der Waals surface area contributed by atoms with Crippen molar-refractivity contribution in [3.05, 3.63) is 28.2 Å². The number of hydrogen-bond donors (Lipinski definition) is 1. The molecule has 0 saturated carbocycles. The lowest BCUT2D eigenvalue weighted by Gasteiger charge is -2.21. The summed E-state index contributed by atoms with van der Waals surface area (Å²) in [6.45, 7) is 2.91. The summed E-state index contributed by atoms with van der Waals surface area (Å²) in [4.78, 5) is 10.8. The first-order chi connectivity index (χ1) is 6.83. The predicted molar refractivity (Wildman–Crippen MR) is 58.8 cm³/mol. The van der Waals surface area contributed by atoms with E-state index in [4.69, 9.17) is 33.0 Å². The van der Waals surface area contributed by atoms with Crippen LogP contribution in [-0.4, -0.2) is 16.7 Å². The number of hydrogen-bond acceptors (Lipinski definition) is 2. The lowest BCUT2D eigenvalue weighted by atomic mass is 10.1. The molecule has 0 aliphatic carbocycles. The lowest BCUT2D eigenvalue weighted by molar-refractivity contribution is -0.152. The van der Waals surface area contributed by atoms with Gasteiger partial charge in [-0.15, -0.1) is 0 Å². The van der Waals surface area contributed by atoms with E-state index in [-0.39, 0.29) is 0 Å². The van der Waals surface area contributed by atoms with E-state index in [2.05, 4.69) is 0 Å². The smallest absolute Gasteiger partial charge is 0.347 e. The van der Waals surface area contributed by atoms with E-state index in [0.29, 0.717) is 15.8 Å². The minimum Gasteiger partial charge on any atom is -0.478 e. The standard InChI is InChI=1S/C10H10Cl2O3/c1-10(2,9(13)14)15-6-3-4-7(11)8(12)5-6/h3-5H,1-2H3,(H,13,14). The number of carbonyl (C=O) groups is 1. The second kappa shape index (κ2) is 4.29. The fraction of sp³-hybridized carbons (Fsp3) is 0.300. The fourth-order valence-corrected chi connectivity index (χ4v) is 1.17. The Morgan fingerprint density at radius 2 is 1.93 bits per heavy atom. The van der Waals surface area contributed by atoms with Crippen LogP contribution < -0.4 is 4.74 Å². The van der Waals surface area contributed by atoms with Gasteiger partial charge in [-0.3, -0.25) is 0 Å². The maximum absolute atomic E-state index is 10.8. The van der Waals surface area contributed by atoms with Crippen LogP contribution in [0.3, 0.4) is 0 Å². The summed E-state index contributed by atoms with van der Waals surface area (Å²) in [7, 11) is 0. The Kier molecular flexibility index (Phi) is 3.47. The third-order valence-electron chi connectivity index (χ3n) is 1.78. The van der Waals surface area contributed by atoms with E-state index in [0.717, 1.165) is 0 Å². The van der Waals surface area contributed by atoms with E-state index in [1.807, 2.05) is 0 Å². The average molecular weight is 249 g/mol. The second-order valence-electron chi connectivity index (χ2n) is 3.49. The van der Waals surface area contributed by atoms with Gasteiger partial charge in [-0.05, 0) is 26.0 Å². The van der Waals surface area contributed by atoms with Crippen LogP contribution in [0.4, 0.5) is 0 Å². The van der Waals surface area contributed by atoms with Crippen LogP contribution in [0, 0.1) is 0 Å². The van der Waals surface area contributed by atoms with E-state index in [1.165, 1.54) is 19.9 Å². The molecule has 0 unspecified atom stereocenters. The third kappa shape index (κ3) is 3.01. The summed E-state index contributed by atoms with van der Waals surface area (Å²) in [5.41, 5.74) is -1.29. The summed E-state index contributed by atoms with van der Waals surface area (Å²) in [5.74, 6) is -0.676. The van der Waals surface area contributed by atoms with Crippen LogP contribution in [-0.2, 0) is 4.79 Å². The van der Waals surface area contributed by atoms with Crippen molar-refractivity contribution in [2.24, 2.45) is 0 Å². The molecule has 1 aromatic rings. The molecule has 1 rings (SSSR count). The first kappa shape index (κ1) is 12.1. The molecule has 5 heteroatoms. The first-order valence-electron chi connectivity index (χ1n) is 4.20. The highest BCUT2D eigenvalue weighted by molar-refractivity contribution is 6.42. The molecule has 0 heterocycles. The maximum atomic E-state index is 10.8. The number of halogens is 2. The van der Waals surface area contributed by atoms with Gasteiger partial charge in [0.15, 0.2) is 5.60 Å². The van der Waals surface area contributed by atoms with Crippen molar-refractivity contribution in [1.29, 1.82) is 0 Å². The van der Waals surface area contributed by atoms with Crippen molar-refractivity contribution in [3.8, 4) is 5.75 Å². The quantitative estimate of drug-likeness (QED) is 0.894. The first-order valence-corrected chi connectivity index (χ1v) is 4.96. The van der Waals surface area contributed by atoms with Gasteiger partial charge in [-0.1, -0.05) is 23.2 Å². The Balaban J connectivity index is 2.91. The molecule has 0 radical (unpaired) electrons. The Labute approximate surface area is 97.6 Å². The van der Waals surface area contributed by atoms with Crippen molar-refractivity contribution in [1.82, 2.24) is 0 Å². The monoisotopic (exact) mass is 248 g/mol. The Morgan fingerprint density at radius 1 is 1.33 bits per heavy atom. The van der Waals surface area contributed by atoms with Gasteiger partial charge < -0.3 is 9.84 Å². The van der Waals surface area contributed by atoms with Crippen LogP contribution in [0.2, 0.25) is 10.0 Å². The van der Waals surface area contributed by atoms with Gasteiger partial charge >= 0.3 is 5.97 Å². The van der Waals surface area contributed by atoms with E-state index in [1.54, 1.807) is 12.1 Å². The molecule has 0 aromatic heterocycles. The summed E-state index contributed by atoms with van der Waals surface area (Å²) in [6, 6.07) is 4.60. The summed E-state index contributed by atoms with van der Waals surface area (Å²) < 4.78 is 5.26. The Hall–Kier alpha value is -0.930. The van der Waals surface area contributed by atoms with Gasteiger partial charge in [0.25, 0.3) is 0 Å². The van der Waals surface area contributed by atoms with Gasteiger partial charge in [-0.2, -0.15) is 0 Å². The number of benzene rings is 1. The minimum atomic E-state index is -1.29. The van der Waals surface area contributed by atoms with Crippen molar-refractivity contribution >= 4 is 29.2 Å². The summed E-state index contributed by atoms with van der Waals surface area (Å²) >= 11 is 11.5. The molecule has 0 saturated heterocycles. The molecular formula is C10H10Cl2O3. The number of rotatable bonds is 3. The van der Waals surface area contributed by atoms with Crippen molar-refractivity contribution in [3.63, 3.8) is 0 Å². The van der Waals surface area contributed by atoms with E-state index >= 15 is 0 Å². The van der Waals surface area contributed by atoms with Crippen LogP contribution in [0.25, 0.3) is 0 Å². The highest BCUT2D eigenvalue weighted by Crippen LogP contribution is 2.28. The normalized spacial score (nSPS) is 11.2. The van der Waals surface area contributed by atoms with Crippen molar-refractivity contribution in [2.45, 2.75) is 19.4 Å². The molecular weight excluding hydrogens is 239 g/mol. The molecule has 0 amide bonds. The third-order valence-corrected chi connectivity index (χ3v) is 2.52. The SMILES string of the molecule is CC(C)(Oc1ccc(Cl)c(Cl)c1)C(=O)O. The maximum Gasteiger partial charge on any atom is 0.347 e. The van der Waals surface area contributed by atoms with Crippen molar-refractivity contribution in [2.75, 3.05) is 0 Å². The van der Waals surface area contributed by atoms with E-state index in [9.17, 15) is 4.79 Å². The van der Waals surface area contributed by atoms with Gasteiger partial charge in [0.05, 0.1) is 10.0 Å². The Bertz CT molecular complexity index is 388. The number of ether oxygens (including phenoxy) is 1. The summed E-state index contributed by atoms with van der Waals surface area (Å²) in [6.07, 6.45) is 0. The molecule has 1 aromatic carbocycles. The zero-order valence-corrected chi connectivity index (χ0v) is 9.76. The molecule has 82 valence electrons. The molecule has 0 fully saturated rings. The fourth-order valence-electron chi connectivity index (χ4n) is 0.879. The lowest BCUT2D eigenvalue weighted by Crippen LogP contribution is -2.37. The van der Waals surface area contributed by atoms with Gasteiger partial charge in [0, 0.05) is 6.07 Å². The molecule has 0 spiro atoms. The average Bonchev–Trinajstić information content (AvgIpc) is 2.10. The van der Waals surface area contributed by atoms with Crippen LogP contribution in [0.1, 0.15) is 13.8 Å². The molecule has 0 atom stereocenters. The highest BCUT2D eigenvalue weighted by Gasteiger charge is 2.29. The van der Waals surface area contributed by atoms with E-state index < -0.39 is 11.6 Å². The van der Waals surface area contributed by atoms with Gasteiger partial charge in [-0.25, -0.2) is 4.79 Å². The zero-order valence-electron chi connectivity index (χ0n) is 8.25. The minimum absolute atomic E-state index is 0.329. The molecule has 15 heavy (non-hydrogen) atoms. The molecule has 3 nitrogen and oxygen atoms in total. The largest absolute Gasteiger partial charge is 0.478 e. The topological polar surface area (TPSA) is 46.5 Å². The molecule has 1 N–H and O–H groups in total. The number of carboxylic acid groups (broad SMARTS) is 1. The highest BCUT2D eigenvalue weighted by atomic mass is 35.5. The second-order valence-corrected chi connectivity index (χ2v) is 4.31. The Morgan fingerprint density at radius 3 is 2.40 bits per heavy atom. The molecule has 0 aliphatic rings. The van der Waals surface area contributed by atoms with Crippen LogP contribution >= 0.6 is 23.2 Å². The number of carboxylic acids is 1. The number of aliphatic carboxylic acids is 1. The van der Waals surface area contributed by atoms with Crippen molar-refractivity contribution < 1.29 is 14.6 Å². The predicted octanol–water partition coefficient (Wildman–Crippen LogP) is 3.24. The molecule has 0 bridgehead atoms. The van der Waals surface area contributed by atoms with Crippen LogP contribution in [0.5, 0.6) is 5.75 Å². The summed E-state index contributed by atoms with van der Waals surface area (Å²) in [5, 5.41) is 9.57. The molecule has 0 aliphatic heterocycles.